The second-order valence-electron chi connectivity index (χ2n) is 13.7. The van der Waals surface area contributed by atoms with Crippen molar-refractivity contribution in [2.75, 3.05) is 69.6 Å². The van der Waals surface area contributed by atoms with Crippen LogP contribution >= 0.6 is 0 Å². The lowest BCUT2D eigenvalue weighted by atomic mass is 10.0. The van der Waals surface area contributed by atoms with Crippen LogP contribution in [-0.2, 0) is 0 Å². The van der Waals surface area contributed by atoms with E-state index in [4.69, 9.17) is 52.1 Å². The Hall–Kier alpha value is -6.50. The summed E-state index contributed by atoms with van der Waals surface area (Å²) in [5.74, 6) is 1.62. The van der Waals surface area contributed by atoms with Gasteiger partial charge in [0.05, 0.1) is 69.6 Å². The molecule has 5 aromatic carbocycles. The zero-order valence-electron chi connectivity index (χ0n) is 35.9. The fourth-order valence-electron chi connectivity index (χ4n) is 6.67. The fourth-order valence-corrected chi connectivity index (χ4v) is 6.67. The third-order valence-corrected chi connectivity index (χ3v) is 9.97. The van der Waals surface area contributed by atoms with Crippen LogP contribution in [0, 0.1) is 0 Å². The molecule has 0 radical (unpaired) electrons. The molecular weight excluding hydrogens is 824 g/mol. The van der Waals surface area contributed by atoms with Crippen LogP contribution in [-0.4, -0.2) is 119 Å². The minimum atomic E-state index is -1.41. The van der Waals surface area contributed by atoms with Crippen LogP contribution in [0.4, 0.5) is 0 Å². The number of rotatable bonds is 24. The van der Waals surface area contributed by atoms with Crippen molar-refractivity contribution in [3.8, 4) is 69.0 Å². The van der Waals surface area contributed by atoms with Gasteiger partial charge in [-0.3, -0.25) is 0 Å². The molecule has 0 fully saturated rings. The van der Waals surface area contributed by atoms with E-state index in [2.05, 4.69) is 0 Å². The van der Waals surface area contributed by atoms with Crippen LogP contribution in [0.2, 0.25) is 0 Å². The average Bonchev–Trinajstić information content (AvgIpc) is 3.32. The second kappa shape index (κ2) is 22.6. The maximum absolute atomic E-state index is 11.5. The van der Waals surface area contributed by atoms with E-state index < -0.39 is 56.4 Å². The highest BCUT2D eigenvalue weighted by Crippen LogP contribution is 2.47. The summed E-state index contributed by atoms with van der Waals surface area (Å²) in [5.41, 5.74) is 0.818. The molecule has 17 heteroatoms. The molecule has 5 rings (SSSR count). The molecule has 0 spiro atoms. The third-order valence-electron chi connectivity index (χ3n) is 9.97. The Kier molecular flexibility index (Phi) is 17.0. The number of ether oxygens (including phenoxy) is 11. The van der Waals surface area contributed by atoms with Gasteiger partial charge in [0.2, 0.25) is 11.5 Å². The Morgan fingerprint density at radius 3 is 1.10 bits per heavy atom. The van der Waals surface area contributed by atoms with Gasteiger partial charge < -0.3 is 82.7 Å². The monoisotopic (exact) mass is 878 g/mol. The summed E-state index contributed by atoms with van der Waals surface area (Å²) in [6.45, 7) is -1.83. The normalized spacial score (nSPS) is 13.9. The third kappa shape index (κ3) is 10.9. The van der Waals surface area contributed by atoms with Crippen LogP contribution in [0.15, 0.2) is 91.0 Å². The van der Waals surface area contributed by atoms with Crippen molar-refractivity contribution in [1.82, 2.24) is 0 Å². The van der Waals surface area contributed by atoms with Crippen LogP contribution in [0.1, 0.15) is 35.0 Å². The molecule has 6 atom stereocenters. The number of phenols is 1. The molecule has 17 nitrogen and oxygen atoms in total. The predicted octanol–water partition coefficient (Wildman–Crippen LogP) is 4.96. The van der Waals surface area contributed by atoms with E-state index in [1.807, 2.05) is 0 Å². The van der Waals surface area contributed by atoms with E-state index >= 15 is 0 Å². The van der Waals surface area contributed by atoms with Gasteiger partial charge in [0.15, 0.2) is 81.9 Å². The van der Waals surface area contributed by atoms with E-state index in [0.717, 1.165) is 0 Å². The number of methoxy groups -OCH3 is 7. The Labute approximate surface area is 365 Å². The number of phenolic OH excluding ortho intramolecular Hbond substituents is 1. The maximum atomic E-state index is 11.5. The number of benzene rings is 5. The van der Waals surface area contributed by atoms with Crippen molar-refractivity contribution < 1.29 is 82.7 Å². The standard InChI is InChI=1S/C46H54O17/c1-53-30-12-8-10-14-32(30)60-39(23-47)42(51)27-19-35(56-4)45(36(20-27)57-5)62-41(25-49)44(26-16-17-29(50)34(18-26)55-3)63-46-37(58-6)21-28(22-38(46)59-7)43(52)40(24-48)61-33-15-11-9-13-31(33)54-2/h8-22,39-44,47-52H,23-25H2,1-7H3. The Morgan fingerprint density at radius 1 is 0.381 bits per heavy atom. The summed E-state index contributed by atoms with van der Waals surface area (Å²) < 4.78 is 64.2. The first kappa shape index (κ1) is 47.5. The highest BCUT2D eigenvalue weighted by Gasteiger charge is 2.35. The predicted molar refractivity (Wildman–Crippen MR) is 228 cm³/mol. The molecule has 0 aliphatic carbocycles. The lowest BCUT2D eigenvalue weighted by Gasteiger charge is -2.31. The van der Waals surface area contributed by atoms with E-state index in [0.29, 0.717) is 28.6 Å². The largest absolute Gasteiger partial charge is 0.504 e. The summed E-state index contributed by atoms with van der Waals surface area (Å²) in [6, 6.07) is 23.9. The molecule has 63 heavy (non-hydrogen) atoms. The van der Waals surface area contributed by atoms with Crippen LogP contribution in [0.25, 0.3) is 0 Å². The SMILES string of the molecule is COc1cc(C(Oc2c(OC)cc(C(O)C(CO)Oc3ccccc3OC)cc2OC)C(CO)Oc2c(OC)cc(C(O)C(CO)Oc3ccccc3OC)cc2OC)ccc1O. The Morgan fingerprint density at radius 2 is 0.730 bits per heavy atom. The molecule has 6 N–H and O–H groups in total. The summed E-state index contributed by atoms with van der Waals surface area (Å²) in [6.07, 6.45) is -7.66. The molecule has 340 valence electrons. The van der Waals surface area contributed by atoms with Crippen LogP contribution in [0.3, 0.4) is 0 Å². The molecule has 0 heterocycles. The van der Waals surface area contributed by atoms with Gasteiger partial charge in [0, 0.05) is 5.56 Å². The number of hydrogen-bond acceptors (Lipinski definition) is 17. The van der Waals surface area contributed by atoms with Crippen molar-refractivity contribution in [2.24, 2.45) is 0 Å². The topological polar surface area (TPSA) is 223 Å². The molecular formula is C46H54O17. The minimum absolute atomic E-state index is 0.00281. The molecule has 0 aromatic heterocycles. The molecule has 0 amide bonds. The zero-order valence-corrected chi connectivity index (χ0v) is 35.9. The van der Waals surface area contributed by atoms with Crippen molar-refractivity contribution in [3.63, 3.8) is 0 Å². The number of aliphatic hydroxyl groups excluding tert-OH is 5. The molecule has 6 unspecified atom stereocenters. The summed E-state index contributed by atoms with van der Waals surface area (Å²) in [4.78, 5) is 0. The Bertz CT molecular complexity index is 2180. The van der Waals surface area contributed by atoms with Crippen molar-refractivity contribution in [1.29, 1.82) is 0 Å². The summed E-state index contributed by atoms with van der Waals surface area (Å²) >= 11 is 0. The number of aromatic hydroxyl groups is 1. The minimum Gasteiger partial charge on any atom is -0.504 e. The molecule has 0 saturated heterocycles. The van der Waals surface area contributed by atoms with Crippen LogP contribution in [0.5, 0.6) is 69.0 Å². The fraction of sp³-hybridized carbons (Fsp3) is 0.348. The smallest absolute Gasteiger partial charge is 0.204 e. The molecule has 0 bridgehead atoms. The van der Waals surface area contributed by atoms with E-state index in [1.54, 1.807) is 48.5 Å². The molecule has 0 aliphatic heterocycles. The molecule has 5 aromatic rings. The first-order valence-corrected chi connectivity index (χ1v) is 19.5. The molecule has 0 aliphatic rings. The van der Waals surface area contributed by atoms with Gasteiger partial charge in [-0.05, 0) is 71.8 Å². The first-order valence-electron chi connectivity index (χ1n) is 19.5. The van der Waals surface area contributed by atoms with Gasteiger partial charge in [-0.15, -0.1) is 0 Å². The number of aliphatic hydroxyl groups is 5. The van der Waals surface area contributed by atoms with Gasteiger partial charge in [-0.2, -0.15) is 0 Å². The quantitative estimate of drug-likeness (QED) is 0.0482. The highest BCUT2D eigenvalue weighted by atomic mass is 16.6. The van der Waals surface area contributed by atoms with Gasteiger partial charge in [0.1, 0.15) is 12.2 Å². The van der Waals surface area contributed by atoms with E-state index in [1.165, 1.54) is 92.2 Å². The average molecular weight is 879 g/mol. The number of para-hydroxylation sites is 4. The lowest BCUT2D eigenvalue weighted by molar-refractivity contribution is -0.00163. The van der Waals surface area contributed by atoms with Gasteiger partial charge in [-0.25, -0.2) is 0 Å². The zero-order chi connectivity index (χ0) is 45.6. The van der Waals surface area contributed by atoms with Gasteiger partial charge in [0.25, 0.3) is 0 Å². The van der Waals surface area contributed by atoms with Crippen molar-refractivity contribution in [2.45, 2.75) is 36.6 Å². The maximum Gasteiger partial charge on any atom is 0.204 e. The molecule has 0 saturated carbocycles. The van der Waals surface area contributed by atoms with Crippen LogP contribution < -0.4 is 52.1 Å². The first-order chi connectivity index (χ1) is 30.5. The lowest BCUT2D eigenvalue weighted by Crippen LogP contribution is -2.33. The second-order valence-corrected chi connectivity index (χ2v) is 13.7. The van der Waals surface area contributed by atoms with Gasteiger partial charge in [-0.1, -0.05) is 30.3 Å². The number of hydrogen-bond donors (Lipinski definition) is 6. The highest BCUT2D eigenvalue weighted by molar-refractivity contribution is 5.57. The summed E-state index contributed by atoms with van der Waals surface area (Å²) in [5, 5.41) is 65.2. The van der Waals surface area contributed by atoms with Crippen molar-refractivity contribution >= 4 is 0 Å². The summed E-state index contributed by atoms with van der Waals surface area (Å²) in [7, 11) is 9.80. The Balaban J connectivity index is 1.54. The van der Waals surface area contributed by atoms with E-state index in [-0.39, 0.29) is 57.1 Å². The van der Waals surface area contributed by atoms with E-state index in [9.17, 15) is 30.6 Å². The van der Waals surface area contributed by atoms with Crippen molar-refractivity contribution in [3.05, 3.63) is 108 Å². The van der Waals surface area contributed by atoms with Gasteiger partial charge >= 0.3 is 0 Å².